The molecule has 0 aliphatic heterocycles. The van der Waals surface area contributed by atoms with Crippen LogP contribution in [0.4, 0.5) is 0 Å². The maximum Gasteiger partial charge on any atom is 0.244 e. The number of aliphatic hydroxyl groups excluding tert-OH is 1. The van der Waals surface area contributed by atoms with Gasteiger partial charge in [-0.05, 0) is 36.8 Å². The maximum absolute atomic E-state index is 12.3. The van der Waals surface area contributed by atoms with Crippen molar-refractivity contribution in [2.45, 2.75) is 17.4 Å². The molecule has 2 rings (SSSR count). The van der Waals surface area contributed by atoms with Crippen molar-refractivity contribution in [1.29, 1.82) is 0 Å². The Labute approximate surface area is 133 Å². The molecule has 1 aromatic heterocycles. The number of hydrogen-bond donors (Lipinski definition) is 2. The van der Waals surface area contributed by atoms with Gasteiger partial charge >= 0.3 is 0 Å². The lowest BCUT2D eigenvalue weighted by atomic mass is 10.2. The number of aliphatic hydroxyl groups is 1. The summed E-state index contributed by atoms with van der Waals surface area (Å²) in [6.07, 6.45) is 0.744. The fourth-order valence-electron chi connectivity index (χ4n) is 1.89. The lowest BCUT2D eigenvalue weighted by molar-refractivity contribution is 0.141. The molecule has 0 aliphatic carbocycles. The second-order valence-corrected chi connectivity index (χ2v) is 6.68. The number of methoxy groups -OCH3 is 1. The van der Waals surface area contributed by atoms with Gasteiger partial charge in [0, 0.05) is 11.6 Å². The Bertz CT molecular complexity index is 715. The zero-order chi connectivity index (χ0) is 16.2. The van der Waals surface area contributed by atoms with E-state index in [1.54, 1.807) is 18.2 Å². The summed E-state index contributed by atoms with van der Waals surface area (Å²) >= 11 is 5.83. The van der Waals surface area contributed by atoms with Crippen molar-refractivity contribution in [3.8, 4) is 5.75 Å². The van der Waals surface area contributed by atoms with E-state index < -0.39 is 16.1 Å². The third kappa shape index (κ3) is 4.01. The zero-order valence-corrected chi connectivity index (χ0v) is 13.4. The van der Waals surface area contributed by atoms with Gasteiger partial charge in [-0.2, -0.15) is 0 Å². The van der Waals surface area contributed by atoms with Crippen molar-refractivity contribution in [3.63, 3.8) is 0 Å². The number of furan rings is 1. The molecule has 0 fully saturated rings. The summed E-state index contributed by atoms with van der Waals surface area (Å²) in [5, 5.41) is 10.1. The largest absolute Gasteiger partial charge is 0.495 e. The Balaban J connectivity index is 2.04. The second-order valence-electron chi connectivity index (χ2n) is 4.51. The molecule has 0 amide bonds. The number of hydrogen-bond acceptors (Lipinski definition) is 5. The number of halogens is 1. The highest BCUT2D eigenvalue weighted by molar-refractivity contribution is 7.89. The molecule has 2 N–H and O–H groups in total. The van der Waals surface area contributed by atoms with Gasteiger partial charge in [-0.15, -0.1) is 0 Å². The molecule has 22 heavy (non-hydrogen) atoms. The SMILES string of the molecule is COc1ccc(Cl)cc1S(=O)(=O)NCCC(O)c1ccco1. The van der Waals surface area contributed by atoms with E-state index in [0.29, 0.717) is 5.76 Å². The predicted molar refractivity (Wildman–Crippen MR) is 81.5 cm³/mol. The van der Waals surface area contributed by atoms with E-state index in [2.05, 4.69) is 4.72 Å². The van der Waals surface area contributed by atoms with E-state index in [-0.39, 0.29) is 28.6 Å². The minimum atomic E-state index is -3.79. The molecule has 1 aromatic carbocycles. The quantitative estimate of drug-likeness (QED) is 0.804. The molecule has 1 atom stereocenters. The van der Waals surface area contributed by atoms with Crippen LogP contribution in [0.25, 0.3) is 0 Å². The molecular formula is C14H16ClNO5S. The molecule has 2 aromatic rings. The highest BCUT2D eigenvalue weighted by atomic mass is 35.5. The van der Waals surface area contributed by atoms with Gasteiger partial charge in [0.05, 0.1) is 13.4 Å². The number of sulfonamides is 1. The van der Waals surface area contributed by atoms with E-state index in [0.717, 1.165) is 0 Å². The van der Waals surface area contributed by atoms with Crippen LogP contribution in [-0.2, 0) is 10.0 Å². The molecule has 0 aliphatic rings. The van der Waals surface area contributed by atoms with Crippen LogP contribution in [-0.4, -0.2) is 27.2 Å². The molecule has 0 radical (unpaired) electrons. The number of rotatable bonds is 7. The second kappa shape index (κ2) is 7.15. The van der Waals surface area contributed by atoms with E-state index in [1.807, 2.05) is 0 Å². The van der Waals surface area contributed by atoms with Crippen molar-refractivity contribution < 1.29 is 22.7 Å². The molecule has 0 saturated carbocycles. The highest BCUT2D eigenvalue weighted by Gasteiger charge is 2.20. The molecule has 0 bridgehead atoms. The lowest BCUT2D eigenvalue weighted by Gasteiger charge is -2.12. The van der Waals surface area contributed by atoms with Gasteiger partial charge in [0.15, 0.2) is 0 Å². The molecular weight excluding hydrogens is 330 g/mol. The highest BCUT2D eigenvalue weighted by Crippen LogP contribution is 2.27. The molecule has 0 spiro atoms. The van der Waals surface area contributed by atoms with E-state index in [9.17, 15) is 13.5 Å². The number of ether oxygens (including phenoxy) is 1. The van der Waals surface area contributed by atoms with Gasteiger partial charge in [-0.25, -0.2) is 13.1 Å². The molecule has 6 nitrogen and oxygen atoms in total. The summed E-state index contributed by atoms with van der Waals surface area (Å²) in [6.45, 7) is 0.0415. The standard InChI is InChI=1S/C14H16ClNO5S/c1-20-13-5-4-10(15)9-14(13)22(18,19)16-7-6-11(17)12-3-2-8-21-12/h2-5,8-9,11,16-17H,6-7H2,1H3. The molecule has 8 heteroatoms. The third-order valence-electron chi connectivity index (χ3n) is 3.00. The summed E-state index contributed by atoms with van der Waals surface area (Å²) < 4.78 is 37.0. The van der Waals surface area contributed by atoms with Crippen LogP contribution >= 0.6 is 11.6 Å². The smallest absolute Gasteiger partial charge is 0.244 e. The Morgan fingerprint density at radius 3 is 2.82 bits per heavy atom. The van der Waals surface area contributed by atoms with Gasteiger partial charge in [0.25, 0.3) is 0 Å². The lowest BCUT2D eigenvalue weighted by Crippen LogP contribution is -2.26. The third-order valence-corrected chi connectivity index (χ3v) is 4.71. The first-order chi connectivity index (χ1) is 10.4. The average molecular weight is 346 g/mol. The first-order valence-electron chi connectivity index (χ1n) is 6.48. The number of nitrogens with one attached hydrogen (secondary N) is 1. The normalized spacial score (nSPS) is 13.0. The average Bonchev–Trinajstić information content (AvgIpc) is 3.01. The van der Waals surface area contributed by atoms with Crippen molar-refractivity contribution in [2.75, 3.05) is 13.7 Å². The Morgan fingerprint density at radius 2 is 2.18 bits per heavy atom. The van der Waals surface area contributed by atoms with Crippen LogP contribution in [0.2, 0.25) is 5.02 Å². The number of benzene rings is 1. The van der Waals surface area contributed by atoms with Crippen molar-refractivity contribution in [3.05, 3.63) is 47.4 Å². The summed E-state index contributed by atoms with van der Waals surface area (Å²) in [4.78, 5) is -0.0463. The Morgan fingerprint density at radius 1 is 1.41 bits per heavy atom. The van der Waals surface area contributed by atoms with E-state index in [4.69, 9.17) is 20.8 Å². The first-order valence-corrected chi connectivity index (χ1v) is 8.35. The van der Waals surface area contributed by atoms with E-state index in [1.165, 1.54) is 25.5 Å². The zero-order valence-electron chi connectivity index (χ0n) is 11.8. The van der Waals surface area contributed by atoms with Gasteiger partial charge in [-0.3, -0.25) is 0 Å². The predicted octanol–water partition coefficient (Wildman–Crippen LogP) is 2.34. The van der Waals surface area contributed by atoms with Crippen molar-refractivity contribution >= 4 is 21.6 Å². The minimum Gasteiger partial charge on any atom is -0.495 e. The van der Waals surface area contributed by atoms with Crippen molar-refractivity contribution in [2.24, 2.45) is 0 Å². The van der Waals surface area contributed by atoms with Gasteiger partial charge in [0.1, 0.15) is 22.5 Å². The first kappa shape index (κ1) is 16.8. The minimum absolute atomic E-state index is 0.0415. The van der Waals surface area contributed by atoms with Crippen LogP contribution in [0, 0.1) is 0 Å². The topological polar surface area (TPSA) is 88.8 Å². The van der Waals surface area contributed by atoms with Crippen molar-refractivity contribution in [1.82, 2.24) is 4.72 Å². The molecule has 1 heterocycles. The van der Waals surface area contributed by atoms with Crippen LogP contribution in [0.15, 0.2) is 45.9 Å². The van der Waals surface area contributed by atoms with E-state index >= 15 is 0 Å². The molecule has 120 valence electrons. The van der Waals surface area contributed by atoms with Crippen LogP contribution < -0.4 is 9.46 Å². The Hall–Kier alpha value is -1.54. The maximum atomic E-state index is 12.3. The van der Waals surface area contributed by atoms with Crippen LogP contribution in [0.5, 0.6) is 5.75 Å². The van der Waals surface area contributed by atoms with Crippen LogP contribution in [0.3, 0.4) is 0 Å². The summed E-state index contributed by atoms with van der Waals surface area (Å²) in [5.41, 5.74) is 0. The van der Waals surface area contributed by atoms with Gasteiger partial charge < -0.3 is 14.3 Å². The monoisotopic (exact) mass is 345 g/mol. The van der Waals surface area contributed by atoms with Gasteiger partial charge in [0.2, 0.25) is 10.0 Å². The summed E-state index contributed by atoms with van der Waals surface area (Å²) in [6, 6.07) is 7.61. The molecule has 0 saturated heterocycles. The van der Waals surface area contributed by atoms with Crippen LogP contribution in [0.1, 0.15) is 18.3 Å². The van der Waals surface area contributed by atoms with Gasteiger partial charge in [-0.1, -0.05) is 11.6 Å². The molecule has 1 unspecified atom stereocenters. The Kier molecular flexibility index (Phi) is 5.47. The fraction of sp³-hybridized carbons (Fsp3) is 0.286. The fourth-order valence-corrected chi connectivity index (χ4v) is 3.37. The summed E-state index contributed by atoms with van der Waals surface area (Å²) in [5.74, 6) is 0.586. The summed E-state index contributed by atoms with van der Waals surface area (Å²) in [7, 11) is -2.41.